The van der Waals surface area contributed by atoms with Gasteiger partial charge in [0.05, 0.1) is 0 Å². The summed E-state index contributed by atoms with van der Waals surface area (Å²) in [6.45, 7) is 8.95. The van der Waals surface area contributed by atoms with Crippen molar-refractivity contribution in [3.8, 4) is 5.88 Å². The Morgan fingerprint density at radius 1 is 1.37 bits per heavy atom. The van der Waals surface area contributed by atoms with Crippen LogP contribution in [0.5, 0.6) is 5.88 Å². The van der Waals surface area contributed by atoms with Crippen LogP contribution in [0.25, 0.3) is 0 Å². The Balaban J connectivity index is 2.06. The average molecular weight is 282 g/mol. The number of ether oxygens (including phenoxy) is 1. The number of pyridine rings is 1. The molecule has 1 saturated carbocycles. The Morgan fingerprint density at radius 2 is 2.11 bits per heavy atom. The van der Waals surface area contributed by atoms with E-state index in [1.54, 1.807) is 0 Å². The second kappa shape index (κ2) is 5.70. The quantitative estimate of drug-likeness (QED) is 0.748. The van der Waals surface area contributed by atoms with Crippen molar-refractivity contribution in [2.45, 2.75) is 58.9 Å². The molecule has 1 aliphatic carbocycles. The Morgan fingerprint density at radius 3 is 2.68 bits per heavy atom. The number of alkyl halides is 1. The molecule has 1 fully saturated rings. The molecule has 0 bridgehead atoms. The zero-order valence-corrected chi connectivity index (χ0v) is 13.1. The van der Waals surface area contributed by atoms with E-state index in [1.807, 2.05) is 19.1 Å². The molecule has 1 heterocycles. The lowest BCUT2D eigenvalue weighted by atomic mass is 9.71. The van der Waals surface area contributed by atoms with Gasteiger partial charge in [-0.05, 0) is 43.1 Å². The molecule has 2 rings (SSSR count). The van der Waals surface area contributed by atoms with Crippen molar-refractivity contribution < 1.29 is 4.74 Å². The fourth-order valence-electron chi connectivity index (χ4n) is 3.29. The number of hydrogen-bond donors (Lipinski definition) is 0. The summed E-state index contributed by atoms with van der Waals surface area (Å²) in [4.78, 5) is 4.50. The van der Waals surface area contributed by atoms with Crippen molar-refractivity contribution in [3.63, 3.8) is 0 Å². The van der Waals surface area contributed by atoms with Gasteiger partial charge >= 0.3 is 0 Å². The van der Waals surface area contributed by atoms with Crippen LogP contribution in [0.1, 0.15) is 51.3 Å². The largest absolute Gasteiger partial charge is 0.474 e. The van der Waals surface area contributed by atoms with E-state index in [0.29, 0.717) is 11.3 Å². The Labute approximate surface area is 121 Å². The smallest absolute Gasteiger partial charge is 0.213 e. The fourth-order valence-corrected chi connectivity index (χ4v) is 3.58. The molecule has 19 heavy (non-hydrogen) atoms. The minimum atomic E-state index is 0.285. The third kappa shape index (κ3) is 3.85. The summed E-state index contributed by atoms with van der Waals surface area (Å²) in [5.74, 6) is 1.96. The maximum absolute atomic E-state index is 6.09. The highest BCUT2D eigenvalue weighted by atomic mass is 35.5. The van der Waals surface area contributed by atoms with Crippen molar-refractivity contribution in [2.24, 2.45) is 11.3 Å². The molecule has 1 aromatic rings. The van der Waals surface area contributed by atoms with Gasteiger partial charge in [-0.25, -0.2) is 4.98 Å². The third-order valence-electron chi connectivity index (χ3n) is 3.95. The lowest BCUT2D eigenvalue weighted by Gasteiger charge is -2.38. The van der Waals surface area contributed by atoms with Gasteiger partial charge in [-0.1, -0.05) is 26.8 Å². The van der Waals surface area contributed by atoms with Gasteiger partial charge in [0.15, 0.2) is 0 Å². The molecule has 0 radical (unpaired) electrons. The molecule has 0 aliphatic heterocycles. The van der Waals surface area contributed by atoms with Gasteiger partial charge in [-0.3, -0.25) is 0 Å². The molecule has 1 aromatic heterocycles. The van der Waals surface area contributed by atoms with Crippen LogP contribution >= 0.6 is 11.6 Å². The molecule has 0 aromatic carbocycles. The summed E-state index contributed by atoms with van der Waals surface area (Å²) in [6.07, 6.45) is 3.80. The number of aromatic nitrogens is 1. The van der Waals surface area contributed by atoms with Crippen molar-refractivity contribution in [1.82, 2.24) is 4.98 Å². The highest BCUT2D eigenvalue weighted by Crippen LogP contribution is 2.39. The van der Waals surface area contributed by atoms with Crippen LogP contribution < -0.4 is 4.74 Å². The highest BCUT2D eigenvalue weighted by molar-refractivity contribution is 6.17. The maximum Gasteiger partial charge on any atom is 0.213 e. The van der Waals surface area contributed by atoms with E-state index in [9.17, 15) is 0 Å². The molecule has 0 saturated heterocycles. The Hall–Kier alpha value is -0.760. The van der Waals surface area contributed by atoms with Crippen LogP contribution in [0.3, 0.4) is 0 Å². The number of rotatable bonds is 3. The minimum absolute atomic E-state index is 0.285. The van der Waals surface area contributed by atoms with E-state index in [-0.39, 0.29) is 6.10 Å². The lowest BCUT2D eigenvalue weighted by molar-refractivity contribution is 0.0531. The van der Waals surface area contributed by atoms with Gasteiger partial charge in [0.1, 0.15) is 6.10 Å². The van der Waals surface area contributed by atoms with Crippen LogP contribution in [-0.4, -0.2) is 11.1 Å². The van der Waals surface area contributed by atoms with Gasteiger partial charge < -0.3 is 4.74 Å². The number of hydrogen-bond acceptors (Lipinski definition) is 2. The summed E-state index contributed by atoms with van der Waals surface area (Å²) in [7, 11) is 0. The van der Waals surface area contributed by atoms with Crippen molar-refractivity contribution in [1.29, 1.82) is 0 Å². The highest BCUT2D eigenvalue weighted by Gasteiger charge is 2.33. The third-order valence-corrected chi connectivity index (χ3v) is 4.24. The van der Waals surface area contributed by atoms with Gasteiger partial charge in [0.25, 0.3) is 0 Å². The second-order valence-electron chi connectivity index (χ2n) is 6.68. The topological polar surface area (TPSA) is 22.1 Å². The van der Waals surface area contributed by atoms with Crippen LogP contribution in [0.4, 0.5) is 0 Å². The van der Waals surface area contributed by atoms with E-state index in [4.69, 9.17) is 16.3 Å². The monoisotopic (exact) mass is 281 g/mol. The Kier molecular flexibility index (Phi) is 4.39. The van der Waals surface area contributed by atoms with Crippen LogP contribution in [-0.2, 0) is 5.88 Å². The van der Waals surface area contributed by atoms with Gasteiger partial charge in [0, 0.05) is 17.6 Å². The molecule has 3 heteroatoms. The minimum Gasteiger partial charge on any atom is -0.474 e. The summed E-state index contributed by atoms with van der Waals surface area (Å²) >= 11 is 5.85. The SMILES string of the molecule is Cc1nc(OC2CC(C)CC(C)(C)C2)ccc1CCl. The predicted molar refractivity (Wildman–Crippen MR) is 79.7 cm³/mol. The first-order valence-electron chi connectivity index (χ1n) is 7.09. The number of halogens is 1. The maximum atomic E-state index is 6.09. The second-order valence-corrected chi connectivity index (χ2v) is 6.95. The standard InChI is InChI=1S/C16H24ClNO/c1-11-7-14(9-16(3,4)8-11)19-15-6-5-13(10-17)12(2)18-15/h5-6,11,14H,7-10H2,1-4H3. The van der Waals surface area contributed by atoms with Gasteiger partial charge in [0.2, 0.25) is 5.88 Å². The van der Waals surface area contributed by atoms with Crippen LogP contribution in [0.2, 0.25) is 0 Å². The van der Waals surface area contributed by atoms with E-state index < -0.39 is 0 Å². The molecular formula is C16H24ClNO. The molecule has 0 amide bonds. The number of nitrogens with zero attached hydrogens (tertiary/aromatic N) is 1. The Bertz CT molecular complexity index is 444. The zero-order valence-electron chi connectivity index (χ0n) is 12.4. The van der Waals surface area contributed by atoms with E-state index in [1.165, 1.54) is 6.42 Å². The predicted octanol–water partition coefficient (Wildman–Crippen LogP) is 4.72. The van der Waals surface area contributed by atoms with E-state index in [2.05, 4.69) is 25.8 Å². The van der Waals surface area contributed by atoms with Crippen molar-refractivity contribution in [2.75, 3.05) is 0 Å². The summed E-state index contributed by atoms with van der Waals surface area (Å²) in [5.41, 5.74) is 2.41. The van der Waals surface area contributed by atoms with E-state index >= 15 is 0 Å². The zero-order chi connectivity index (χ0) is 14.0. The molecular weight excluding hydrogens is 258 g/mol. The van der Waals surface area contributed by atoms with Crippen LogP contribution in [0.15, 0.2) is 12.1 Å². The molecule has 2 nitrogen and oxygen atoms in total. The van der Waals surface area contributed by atoms with Crippen molar-refractivity contribution in [3.05, 3.63) is 23.4 Å². The summed E-state index contributed by atoms with van der Waals surface area (Å²) < 4.78 is 6.09. The molecule has 2 atom stereocenters. The molecule has 1 aliphatic rings. The first-order chi connectivity index (χ1) is 8.89. The van der Waals surface area contributed by atoms with Gasteiger partial charge in [-0.2, -0.15) is 0 Å². The molecule has 106 valence electrons. The first-order valence-corrected chi connectivity index (χ1v) is 7.62. The summed E-state index contributed by atoms with van der Waals surface area (Å²) in [6, 6.07) is 3.96. The molecule has 0 spiro atoms. The van der Waals surface area contributed by atoms with Gasteiger partial charge in [-0.15, -0.1) is 11.6 Å². The molecule has 2 unspecified atom stereocenters. The van der Waals surface area contributed by atoms with Crippen molar-refractivity contribution >= 4 is 11.6 Å². The fraction of sp³-hybridized carbons (Fsp3) is 0.688. The molecule has 0 N–H and O–H groups in total. The lowest BCUT2D eigenvalue weighted by Crippen LogP contribution is -2.34. The van der Waals surface area contributed by atoms with E-state index in [0.717, 1.165) is 35.9 Å². The number of aryl methyl sites for hydroxylation is 1. The summed E-state index contributed by atoms with van der Waals surface area (Å²) in [5, 5.41) is 0. The normalized spacial score (nSPS) is 26.2. The van der Waals surface area contributed by atoms with Crippen LogP contribution in [0, 0.1) is 18.3 Å². The first kappa shape index (κ1) is 14.6. The average Bonchev–Trinajstić information content (AvgIpc) is 2.26.